The number of rotatable bonds is 4. The molecule has 0 aromatic heterocycles. The first-order valence-electron chi connectivity index (χ1n) is 6.64. The second-order valence-electron chi connectivity index (χ2n) is 5.44. The quantitative estimate of drug-likeness (QED) is 0.815. The molecule has 1 saturated carbocycles. The van der Waals surface area contributed by atoms with E-state index in [0.717, 1.165) is 13.1 Å². The van der Waals surface area contributed by atoms with Crippen LogP contribution in [0.3, 0.4) is 0 Å². The Morgan fingerprint density at radius 3 is 2.35 bits per heavy atom. The third kappa shape index (κ3) is 3.45. The number of carboxylic acids is 1. The summed E-state index contributed by atoms with van der Waals surface area (Å²) in [7, 11) is 0. The van der Waals surface area contributed by atoms with Gasteiger partial charge in [0.2, 0.25) is 5.91 Å². The molecule has 4 nitrogen and oxygen atoms in total. The maximum Gasteiger partial charge on any atom is 0.303 e. The third-order valence-electron chi connectivity index (χ3n) is 3.98. The Morgan fingerprint density at radius 1 is 1.12 bits per heavy atom. The van der Waals surface area contributed by atoms with E-state index in [1.165, 1.54) is 25.7 Å². The van der Waals surface area contributed by atoms with Crippen LogP contribution in [0.1, 0.15) is 44.9 Å². The van der Waals surface area contributed by atoms with Crippen LogP contribution in [0.4, 0.5) is 0 Å². The van der Waals surface area contributed by atoms with Crippen LogP contribution in [0.5, 0.6) is 0 Å². The predicted molar refractivity (Wildman–Crippen MR) is 63.5 cm³/mol. The number of hydrogen-bond acceptors (Lipinski definition) is 2. The summed E-state index contributed by atoms with van der Waals surface area (Å²) in [5, 5.41) is 8.54. The normalized spacial score (nSPS) is 27.9. The second kappa shape index (κ2) is 5.52. The average molecular weight is 239 g/mol. The van der Waals surface area contributed by atoms with Crippen LogP contribution < -0.4 is 0 Å². The number of amides is 1. The third-order valence-corrected chi connectivity index (χ3v) is 3.98. The van der Waals surface area contributed by atoms with E-state index >= 15 is 0 Å². The number of nitrogens with zero attached hydrogens (tertiary/aromatic N) is 1. The van der Waals surface area contributed by atoms with Gasteiger partial charge in [0, 0.05) is 25.9 Å². The van der Waals surface area contributed by atoms with Crippen molar-refractivity contribution in [1.29, 1.82) is 0 Å². The standard InChI is InChI=1S/C13H21NO3/c15-12(5-2-6-13(16)17)14-8-10-3-1-4-11(7-10)9-14/h10-11H,1-9H2,(H,16,17)/t10-,11-/m1/s1. The molecule has 1 aliphatic heterocycles. The fraction of sp³-hybridized carbons (Fsp3) is 0.846. The van der Waals surface area contributed by atoms with Crippen LogP contribution in [0.25, 0.3) is 0 Å². The van der Waals surface area contributed by atoms with Gasteiger partial charge in [-0.1, -0.05) is 6.42 Å². The Morgan fingerprint density at radius 2 is 1.76 bits per heavy atom. The molecule has 1 N–H and O–H groups in total. The molecule has 2 atom stereocenters. The molecule has 2 aliphatic rings. The topological polar surface area (TPSA) is 57.6 Å². The van der Waals surface area contributed by atoms with Crippen molar-refractivity contribution in [3.05, 3.63) is 0 Å². The highest BCUT2D eigenvalue weighted by Crippen LogP contribution is 2.34. The van der Waals surface area contributed by atoms with E-state index in [1.807, 2.05) is 4.90 Å². The highest BCUT2D eigenvalue weighted by atomic mass is 16.4. The van der Waals surface area contributed by atoms with Gasteiger partial charge < -0.3 is 10.0 Å². The molecule has 0 radical (unpaired) electrons. The number of carbonyl (C=O) groups excluding carboxylic acids is 1. The van der Waals surface area contributed by atoms with Crippen LogP contribution in [0.2, 0.25) is 0 Å². The molecule has 1 heterocycles. The van der Waals surface area contributed by atoms with Crippen LogP contribution in [-0.2, 0) is 9.59 Å². The van der Waals surface area contributed by atoms with Crippen molar-refractivity contribution in [2.24, 2.45) is 11.8 Å². The molecular weight excluding hydrogens is 218 g/mol. The largest absolute Gasteiger partial charge is 0.481 e. The first-order chi connectivity index (χ1) is 8.15. The van der Waals surface area contributed by atoms with Gasteiger partial charge in [-0.15, -0.1) is 0 Å². The fourth-order valence-electron chi connectivity index (χ4n) is 3.18. The molecule has 0 aromatic carbocycles. The number of aliphatic carboxylic acids is 1. The van der Waals surface area contributed by atoms with E-state index in [4.69, 9.17) is 5.11 Å². The zero-order valence-electron chi connectivity index (χ0n) is 10.2. The van der Waals surface area contributed by atoms with Gasteiger partial charge in [-0.3, -0.25) is 9.59 Å². The highest BCUT2D eigenvalue weighted by molar-refractivity contribution is 5.77. The number of fused-ring (bicyclic) bond motifs is 2. The van der Waals surface area contributed by atoms with E-state index < -0.39 is 5.97 Å². The van der Waals surface area contributed by atoms with Crippen molar-refractivity contribution in [2.75, 3.05) is 13.1 Å². The van der Waals surface area contributed by atoms with Gasteiger partial charge in [0.1, 0.15) is 0 Å². The summed E-state index contributed by atoms with van der Waals surface area (Å²) in [4.78, 5) is 24.3. The molecule has 2 bridgehead atoms. The second-order valence-corrected chi connectivity index (χ2v) is 5.44. The number of carboxylic acid groups (broad SMARTS) is 1. The molecule has 4 heteroatoms. The average Bonchev–Trinajstić information content (AvgIpc) is 2.27. The smallest absolute Gasteiger partial charge is 0.303 e. The summed E-state index contributed by atoms with van der Waals surface area (Å²) in [6.07, 6.45) is 6.10. The van der Waals surface area contributed by atoms with E-state index in [2.05, 4.69) is 0 Å². The molecular formula is C13H21NO3. The maximum atomic E-state index is 11.9. The summed E-state index contributed by atoms with van der Waals surface area (Å²) < 4.78 is 0. The predicted octanol–water partition coefficient (Wildman–Crippen LogP) is 1.89. The molecule has 1 saturated heterocycles. The SMILES string of the molecule is O=C(O)CCCC(=O)N1C[C@@H]2CCC[C@H](C2)C1. The first kappa shape index (κ1) is 12.4. The number of likely N-dealkylation sites (tertiary alicyclic amines) is 1. The molecule has 0 aromatic rings. The van der Waals surface area contributed by atoms with Crippen molar-refractivity contribution in [2.45, 2.75) is 44.9 Å². The van der Waals surface area contributed by atoms with Crippen molar-refractivity contribution < 1.29 is 14.7 Å². The summed E-state index contributed by atoms with van der Waals surface area (Å²) in [6, 6.07) is 0. The van der Waals surface area contributed by atoms with Crippen molar-refractivity contribution in [3.63, 3.8) is 0 Å². The number of hydrogen-bond donors (Lipinski definition) is 1. The Kier molecular flexibility index (Phi) is 4.02. The minimum atomic E-state index is -0.812. The summed E-state index contributed by atoms with van der Waals surface area (Å²) in [5.74, 6) is 0.744. The van der Waals surface area contributed by atoms with E-state index in [1.54, 1.807) is 0 Å². The van der Waals surface area contributed by atoms with Gasteiger partial charge in [0.25, 0.3) is 0 Å². The number of carbonyl (C=O) groups is 2. The van der Waals surface area contributed by atoms with Crippen LogP contribution in [0, 0.1) is 11.8 Å². The number of piperidine rings is 1. The fourth-order valence-corrected chi connectivity index (χ4v) is 3.18. The zero-order valence-corrected chi connectivity index (χ0v) is 10.2. The van der Waals surface area contributed by atoms with Crippen molar-refractivity contribution in [1.82, 2.24) is 4.90 Å². The van der Waals surface area contributed by atoms with Crippen molar-refractivity contribution in [3.8, 4) is 0 Å². The van der Waals surface area contributed by atoms with Crippen LogP contribution >= 0.6 is 0 Å². The molecule has 96 valence electrons. The van der Waals surface area contributed by atoms with Gasteiger partial charge in [-0.25, -0.2) is 0 Å². The summed E-state index contributed by atoms with van der Waals surface area (Å²) in [5.41, 5.74) is 0. The van der Waals surface area contributed by atoms with Crippen LogP contribution in [0.15, 0.2) is 0 Å². The minimum absolute atomic E-state index is 0.104. The Hall–Kier alpha value is -1.06. The molecule has 0 spiro atoms. The lowest BCUT2D eigenvalue weighted by Gasteiger charge is -2.41. The molecule has 2 fully saturated rings. The first-order valence-corrected chi connectivity index (χ1v) is 6.64. The highest BCUT2D eigenvalue weighted by Gasteiger charge is 2.32. The zero-order chi connectivity index (χ0) is 12.3. The lowest BCUT2D eigenvalue weighted by molar-refractivity contribution is -0.137. The van der Waals surface area contributed by atoms with E-state index in [-0.39, 0.29) is 12.3 Å². The Bertz CT molecular complexity index is 291. The molecule has 0 unspecified atom stereocenters. The molecule has 2 rings (SSSR count). The van der Waals surface area contributed by atoms with Gasteiger partial charge in [0.05, 0.1) is 0 Å². The monoisotopic (exact) mass is 239 g/mol. The lowest BCUT2D eigenvalue weighted by Crippen LogP contribution is -2.45. The molecule has 1 aliphatic carbocycles. The van der Waals surface area contributed by atoms with Crippen LogP contribution in [-0.4, -0.2) is 35.0 Å². The molecule has 17 heavy (non-hydrogen) atoms. The van der Waals surface area contributed by atoms with Gasteiger partial charge in [-0.05, 0) is 37.5 Å². The van der Waals surface area contributed by atoms with Gasteiger partial charge >= 0.3 is 5.97 Å². The summed E-state index contributed by atoms with van der Waals surface area (Å²) >= 11 is 0. The van der Waals surface area contributed by atoms with E-state index in [9.17, 15) is 9.59 Å². The Labute approximate surface area is 102 Å². The lowest BCUT2D eigenvalue weighted by atomic mass is 9.78. The molecule has 1 amide bonds. The Balaban J connectivity index is 1.77. The van der Waals surface area contributed by atoms with Gasteiger partial charge in [-0.2, -0.15) is 0 Å². The summed E-state index contributed by atoms with van der Waals surface area (Å²) in [6.45, 7) is 1.81. The maximum absolute atomic E-state index is 11.9. The van der Waals surface area contributed by atoms with Gasteiger partial charge in [0.15, 0.2) is 0 Å². The minimum Gasteiger partial charge on any atom is -0.481 e. The van der Waals surface area contributed by atoms with E-state index in [0.29, 0.717) is 24.7 Å². The van der Waals surface area contributed by atoms with Crippen molar-refractivity contribution >= 4 is 11.9 Å².